The first-order valence-electron chi connectivity index (χ1n) is 4.59. The van der Waals surface area contributed by atoms with Crippen LogP contribution in [0.2, 0.25) is 0 Å². The molecule has 2 rings (SSSR count). The zero-order valence-corrected chi connectivity index (χ0v) is 8.49. The van der Waals surface area contributed by atoms with E-state index < -0.39 is 0 Å². The molecule has 1 fully saturated rings. The average molecular weight is 195 g/mol. The first-order chi connectivity index (χ1) is 6.24. The molecule has 13 heavy (non-hydrogen) atoms. The Morgan fingerprint density at radius 1 is 1.62 bits per heavy atom. The summed E-state index contributed by atoms with van der Waals surface area (Å²) < 4.78 is 0. The molecule has 3 heteroatoms. The maximum atomic E-state index is 10.9. The summed E-state index contributed by atoms with van der Waals surface area (Å²) in [4.78, 5) is 13.7. The molecule has 1 aliphatic heterocycles. The van der Waals surface area contributed by atoms with Crippen molar-refractivity contribution in [3.05, 3.63) is 21.9 Å². The molecule has 0 aromatic carbocycles. The van der Waals surface area contributed by atoms with Crippen LogP contribution < -0.4 is 5.32 Å². The lowest BCUT2D eigenvalue weighted by molar-refractivity contribution is -0.119. The number of thiophene rings is 1. The van der Waals surface area contributed by atoms with Gasteiger partial charge in [-0.05, 0) is 25.5 Å². The number of hydrogen-bond donors (Lipinski definition) is 1. The minimum absolute atomic E-state index is 0.207. The molecule has 70 valence electrons. The highest BCUT2D eigenvalue weighted by molar-refractivity contribution is 7.11. The van der Waals surface area contributed by atoms with Crippen molar-refractivity contribution in [2.24, 2.45) is 0 Å². The van der Waals surface area contributed by atoms with Crippen molar-refractivity contribution in [3.63, 3.8) is 0 Å². The Balaban J connectivity index is 1.95. The highest BCUT2D eigenvalue weighted by atomic mass is 32.1. The van der Waals surface area contributed by atoms with Crippen LogP contribution in [-0.4, -0.2) is 11.9 Å². The molecule has 0 radical (unpaired) electrons. The Morgan fingerprint density at radius 2 is 2.46 bits per heavy atom. The van der Waals surface area contributed by atoms with E-state index in [0.717, 1.165) is 12.8 Å². The Kier molecular flexibility index (Phi) is 2.36. The van der Waals surface area contributed by atoms with E-state index in [0.29, 0.717) is 12.5 Å². The van der Waals surface area contributed by atoms with Crippen molar-refractivity contribution in [2.45, 2.75) is 32.2 Å². The number of amides is 1. The fourth-order valence-corrected chi connectivity index (χ4v) is 2.64. The largest absolute Gasteiger partial charge is 0.353 e. The summed E-state index contributed by atoms with van der Waals surface area (Å²) in [6.45, 7) is 2.11. The van der Waals surface area contributed by atoms with Gasteiger partial charge in [0, 0.05) is 28.6 Å². The Hall–Kier alpha value is -0.830. The maximum Gasteiger partial charge on any atom is 0.220 e. The highest BCUT2D eigenvalue weighted by Crippen LogP contribution is 2.19. The molecule has 0 bridgehead atoms. The van der Waals surface area contributed by atoms with E-state index in [1.165, 1.54) is 9.75 Å². The second kappa shape index (κ2) is 3.50. The van der Waals surface area contributed by atoms with Crippen LogP contribution in [0.15, 0.2) is 12.1 Å². The summed E-state index contributed by atoms with van der Waals surface area (Å²) in [6, 6.07) is 4.67. The number of carbonyl (C=O) groups excluding carboxylic acids is 1. The lowest BCUT2D eigenvalue weighted by Crippen LogP contribution is -2.26. The third kappa shape index (κ3) is 2.10. The highest BCUT2D eigenvalue weighted by Gasteiger charge is 2.20. The summed E-state index contributed by atoms with van der Waals surface area (Å²) in [6.07, 6.45) is 2.70. The molecular formula is C10H13NOS. The fraction of sp³-hybridized carbons (Fsp3) is 0.500. The van der Waals surface area contributed by atoms with Crippen molar-refractivity contribution < 1.29 is 4.79 Å². The van der Waals surface area contributed by atoms with E-state index >= 15 is 0 Å². The number of nitrogens with one attached hydrogen (secondary N) is 1. The molecule has 1 N–H and O–H groups in total. The van der Waals surface area contributed by atoms with Gasteiger partial charge in [-0.1, -0.05) is 0 Å². The van der Waals surface area contributed by atoms with Gasteiger partial charge in [0.2, 0.25) is 5.91 Å². The zero-order valence-electron chi connectivity index (χ0n) is 7.67. The summed E-state index contributed by atoms with van der Waals surface area (Å²) in [7, 11) is 0. The number of aryl methyl sites for hydroxylation is 1. The summed E-state index contributed by atoms with van der Waals surface area (Å²) in [5, 5.41) is 2.98. The third-order valence-electron chi connectivity index (χ3n) is 2.33. The van der Waals surface area contributed by atoms with Crippen molar-refractivity contribution in [1.82, 2.24) is 5.32 Å². The predicted molar refractivity (Wildman–Crippen MR) is 53.9 cm³/mol. The van der Waals surface area contributed by atoms with Crippen molar-refractivity contribution in [3.8, 4) is 0 Å². The van der Waals surface area contributed by atoms with Crippen LogP contribution in [0.3, 0.4) is 0 Å². The summed E-state index contributed by atoms with van der Waals surface area (Å²) in [5.41, 5.74) is 0. The van der Waals surface area contributed by atoms with Gasteiger partial charge in [-0.3, -0.25) is 4.79 Å². The topological polar surface area (TPSA) is 29.1 Å². The van der Waals surface area contributed by atoms with E-state index in [1.807, 2.05) is 11.3 Å². The van der Waals surface area contributed by atoms with Crippen LogP contribution in [0.4, 0.5) is 0 Å². The van der Waals surface area contributed by atoms with Gasteiger partial charge in [0.1, 0.15) is 0 Å². The Morgan fingerprint density at radius 3 is 3.00 bits per heavy atom. The Bertz CT molecular complexity index is 318. The monoisotopic (exact) mass is 195 g/mol. The van der Waals surface area contributed by atoms with E-state index in [-0.39, 0.29) is 5.91 Å². The smallest absolute Gasteiger partial charge is 0.220 e. The van der Waals surface area contributed by atoms with Crippen LogP contribution in [0.1, 0.15) is 22.6 Å². The fourth-order valence-electron chi connectivity index (χ4n) is 1.67. The molecule has 1 unspecified atom stereocenters. The molecule has 2 nitrogen and oxygen atoms in total. The number of rotatable bonds is 2. The van der Waals surface area contributed by atoms with Gasteiger partial charge < -0.3 is 5.32 Å². The molecule has 1 atom stereocenters. The SMILES string of the molecule is Cc1ccc(CC2CCC(=O)N2)s1. The van der Waals surface area contributed by atoms with Crippen molar-refractivity contribution in [2.75, 3.05) is 0 Å². The van der Waals surface area contributed by atoms with Gasteiger partial charge in [-0.15, -0.1) is 11.3 Å². The van der Waals surface area contributed by atoms with Crippen LogP contribution in [0, 0.1) is 6.92 Å². The number of hydrogen-bond acceptors (Lipinski definition) is 2. The lowest BCUT2D eigenvalue weighted by atomic mass is 10.1. The van der Waals surface area contributed by atoms with E-state index in [9.17, 15) is 4.79 Å². The van der Waals surface area contributed by atoms with Crippen LogP contribution >= 0.6 is 11.3 Å². The average Bonchev–Trinajstić information content (AvgIpc) is 2.62. The second-order valence-electron chi connectivity index (χ2n) is 3.52. The van der Waals surface area contributed by atoms with Crippen LogP contribution in [-0.2, 0) is 11.2 Å². The zero-order chi connectivity index (χ0) is 9.26. The van der Waals surface area contributed by atoms with Gasteiger partial charge in [0.15, 0.2) is 0 Å². The normalized spacial score (nSPS) is 21.9. The first-order valence-corrected chi connectivity index (χ1v) is 5.40. The van der Waals surface area contributed by atoms with Gasteiger partial charge in [-0.25, -0.2) is 0 Å². The molecule has 1 saturated heterocycles. The maximum absolute atomic E-state index is 10.9. The molecule has 0 spiro atoms. The van der Waals surface area contributed by atoms with Crippen molar-refractivity contribution >= 4 is 17.2 Å². The molecule has 1 amide bonds. The quantitative estimate of drug-likeness (QED) is 0.767. The molecule has 0 saturated carbocycles. The van der Waals surface area contributed by atoms with Crippen LogP contribution in [0.5, 0.6) is 0 Å². The van der Waals surface area contributed by atoms with E-state index in [2.05, 4.69) is 24.4 Å². The minimum atomic E-state index is 0.207. The van der Waals surface area contributed by atoms with E-state index in [4.69, 9.17) is 0 Å². The molecule has 1 aromatic rings. The van der Waals surface area contributed by atoms with Crippen molar-refractivity contribution in [1.29, 1.82) is 0 Å². The van der Waals surface area contributed by atoms with Gasteiger partial charge in [0.25, 0.3) is 0 Å². The first kappa shape index (κ1) is 8.75. The van der Waals surface area contributed by atoms with Gasteiger partial charge in [-0.2, -0.15) is 0 Å². The van der Waals surface area contributed by atoms with Gasteiger partial charge in [0.05, 0.1) is 0 Å². The minimum Gasteiger partial charge on any atom is -0.353 e. The molecule has 0 aliphatic carbocycles. The third-order valence-corrected chi connectivity index (χ3v) is 3.35. The van der Waals surface area contributed by atoms with Gasteiger partial charge >= 0.3 is 0 Å². The molecule has 1 aromatic heterocycles. The standard InChI is InChI=1S/C10H13NOS/c1-7-2-4-9(13-7)6-8-3-5-10(12)11-8/h2,4,8H,3,5-6H2,1H3,(H,11,12). The lowest BCUT2D eigenvalue weighted by Gasteiger charge is -2.06. The van der Waals surface area contributed by atoms with Crippen LogP contribution in [0.25, 0.3) is 0 Å². The molecule has 1 aliphatic rings. The van der Waals surface area contributed by atoms with E-state index in [1.54, 1.807) is 0 Å². The molecule has 2 heterocycles. The second-order valence-corrected chi connectivity index (χ2v) is 4.89. The predicted octanol–water partition coefficient (Wildman–Crippen LogP) is 1.88. The summed E-state index contributed by atoms with van der Waals surface area (Å²) >= 11 is 1.82. The Labute approximate surface area is 82.0 Å². The molecular weight excluding hydrogens is 182 g/mol. The number of carbonyl (C=O) groups is 1. The summed E-state index contributed by atoms with van der Waals surface area (Å²) in [5.74, 6) is 0.207.